The molecular formula is C16H20N2O4. The number of anilines is 1. The zero-order valence-electron chi connectivity index (χ0n) is 12.5. The summed E-state index contributed by atoms with van der Waals surface area (Å²) in [5, 5.41) is 12.8. The summed E-state index contributed by atoms with van der Waals surface area (Å²) in [6, 6.07) is 6.32. The van der Waals surface area contributed by atoms with Crippen LogP contribution in [-0.4, -0.2) is 23.7 Å². The lowest BCUT2D eigenvalue weighted by Crippen LogP contribution is -2.29. The van der Waals surface area contributed by atoms with Gasteiger partial charge in [0.1, 0.15) is 11.6 Å². The minimum Gasteiger partial charge on any atom is -0.480 e. The van der Waals surface area contributed by atoms with Crippen molar-refractivity contribution in [2.24, 2.45) is 5.73 Å². The lowest BCUT2D eigenvalue weighted by molar-refractivity contribution is -0.138. The van der Waals surface area contributed by atoms with Crippen molar-refractivity contribution >= 4 is 22.6 Å². The molecule has 0 amide bonds. The van der Waals surface area contributed by atoms with Gasteiger partial charge in [-0.2, -0.15) is 0 Å². The fourth-order valence-electron chi connectivity index (χ4n) is 2.28. The minimum atomic E-state index is -0.965. The van der Waals surface area contributed by atoms with Crippen molar-refractivity contribution in [3.63, 3.8) is 0 Å². The predicted octanol–water partition coefficient (Wildman–Crippen LogP) is 2.10. The molecule has 1 atom stereocenters. The fourth-order valence-corrected chi connectivity index (χ4v) is 2.28. The number of aryl methyl sites for hydroxylation is 1. The second-order valence-electron chi connectivity index (χ2n) is 5.33. The fraction of sp³-hybridized carbons (Fsp3) is 0.375. The SMILES string of the molecule is Cc1cc(=O)oc2cc(NCCCC[C@@H](N)C(=O)O)ccc12. The number of nitrogens with two attached hydrogens (primary N) is 1. The van der Waals surface area contributed by atoms with Gasteiger partial charge in [0.2, 0.25) is 0 Å². The van der Waals surface area contributed by atoms with Gasteiger partial charge in [-0.1, -0.05) is 0 Å². The molecule has 0 unspecified atom stereocenters. The zero-order valence-corrected chi connectivity index (χ0v) is 12.5. The van der Waals surface area contributed by atoms with E-state index in [9.17, 15) is 9.59 Å². The highest BCUT2D eigenvalue weighted by Crippen LogP contribution is 2.20. The summed E-state index contributed by atoms with van der Waals surface area (Å²) in [6.45, 7) is 2.58. The topological polar surface area (TPSA) is 106 Å². The van der Waals surface area contributed by atoms with E-state index in [1.54, 1.807) is 6.07 Å². The molecule has 1 aromatic carbocycles. The van der Waals surface area contributed by atoms with Gasteiger partial charge in [0.05, 0.1) is 0 Å². The molecule has 0 radical (unpaired) electrons. The maximum Gasteiger partial charge on any atom is 0.336 e. The van der Waals surface area contributed by atoms with Crippen LogP contribution in [0.5, 0.6) is 0 Å². The summed E-state index contributed by atoms with van der Waals surface area (Å²) in [5.41, 5.74) is 7.39. The standard InChI is InChI=1S/C16H20N2O4/c1-10-8-15(19)22-14-9-11(5-6-12(10)14)18-7-3-2-4-13(17)16(20)21/h5-6,8-9,13,18H,2-4,7,17H2,1H3,(H,20,21)/t13-/m1/s1. The molecule has 6 nitrogen and oxygen atoms in total. The van der Waals surface area contributed by atoms with Crippen molar-refractivity contribution in [3.05, 3.63) is 40.2 Å². The van der Waals surface area contributed by atoms with Gasteiger partial charge in [-0.05, 0) is 43.9 Å². The quantitative estimate of drug-likeness (QED) is 0.534. The number of carboxylic acid groups (broad SMARTS) is 1. The number of hydrogen-bond acceptors (Lipinski definition) is 5. The maximum atomic E-state index is 11.4. The molecule has 118 valence electrons. The molecule has 0 spiro atoms. The average Bonchev–Trinajstić information content (AvgIpc) is 2.45. The van der Waals surface area contributed by atoms with E-state index in [1.165, 1.54) is 6.07 Å². The smallest absolute Gasteiger partial charge is 0.336 e. The number of rotatable bonds is 7. The van der Waals surface area contributed by atoms with Crippen LogP contribution in [0.15, 0.2) is 33.5 Å². The normalized spacial score (nSPS) is 12.3. The molecule has 0 bridgehead atoms. The third-order valence-electron chi connectivity index (χ3n) is 3.54. The van der Waals surface area contributed by atoms with E-state index >= 15 is 0 Å². The van der Waals surface area contributed by atoms with Gasteiger partial charge in [-0.25, -0.2) is 4.79 Å². The Labute approximate surface area is 127 Å². The van der Waals surface area contributed by atoms with E-state index < -0.39 is 12.0 Å². The third kappa shape index (κ3) is 4.08. The van der Waals surface area contributed by atoms with Crippen LogP contribution in [0, 0.1) is 6.92 Å². The number of carbonyl (C=O) groups is 1. The maximum absolute atomic E-state index is 11.4. The first-order chi connectivity index (χ1) is 10.5. The molecular weight excluding hydrogens is 284 g/mol. The molecule has 2 aromatic rings. The van der Waals surface area contributed by atoms with Crippen LogP contribution < -0.4 is 16.7 Å². The number of carboxylic acids is 1. The molecule has 4 N–H and O–H groups in total. The van der Waals surface area contributed by atoms with Crippen molar-refractivity contribution in [2.75, 3.05) is 11.9 Å². The van der Waals surface area contributed by atoms with E-state index in [1.807, 2.05) is 19.1 Å². The summed E-state index contributed by atoms with van der Waals surface area (Å²) in [7, 11) is 0. The summed E-state index contributed by atoms with van der Waals surface area (Å²) in [6.07, 6.45) is 2.02. The van der Waals surface area contributed by atoms with Crippen LogP contribution in [0.4, 0.5) is 5.69 Å². The minimum absolute atomic E-state index is 0.357. The zero-order chi connectivity index (χ0) is 16.1. The van der Waals surface area contributed by atoms with Crippen LogP contribution in [0.25, 0.3) is 11.0 Å². The van der Waals surface area contributed by atoms with E-state index in [-0.39, 0.29) is 5.63 Å². The Hall–Kier alpha value is -2.34. The highest BCUT2D eigenvalue weighted by atomic mass is 16.4. The average molecular weight is 304 g/mol. The van der Waals surface area contributed by atoms with Crippen LogP contribution in [0.1, 0.15) is 24.8 Å². The highest BCUT2D eigenvalue weighted by Gasteiger charge is 2.10. The molecule has 0 fully saturated rings. The van der Waals surface area contributed by atoms with Crippen molar-refractivity contribution in [1.82, 2.24) is 0 Å². The van der Waals surface area contributed by atoms with Gasteiger partial charge < -0.3 is 20.6 Å². The van der Waals surface area contributed by atoms with Crippen molar-refractivity contribution in [2.45, 2.75) is 32.2 Å². The third-order valence-corrected chi connectivity index (χ3v) is 3.54. The van der Waals surface area contributed by atoms with Crippen molar-refractivity contribution in [1.29, 1.82) is 0 Å². The lowest BCUT2D eigenvalue weighted by Gasteiger charge is -2.09. The largest absolute Gasteiger partial charge is 0.480 e. The molecule has 0 aliphatic heterocycles. The lowest BCUT2D eigenvalue weighted by atomic mass is 10.1. The first-order valence-corrected chi connectivity index (χ1v) is 7.24. The Morgan fingerprint density at radius 1 is 1.36 bits per heavy atom. The van der Waals surface area contributed by atoms with Gasteiger partial charge in [0, 0.05) is 29.8 Å². The van der Waals surface area contributed by atoms with Gasteiger partial charge in [0.25, 0.3) is 0 Å². The van der Waals surface area contributed by atoms with E-state index in [0.717, 1.165) is 29.5 Å². The molecule has 0 aliphatic carbocycles. The summed E-state index contributed by atoms with van der Waals surface area (Å²) in [5.74, 6) is -0.965. The molecule has 2 rings (SSSR count). The van der Waals surface area contributed by atoms with Gasteiger partial charge in [0.15, 0.2) is 0 Å². The molecule has 1 heterocycles. The number of unbranched alkanes of at least 4 members (excludes halogenated alkanes) is 1. The Kier molecular flexibility index (Phi) is 5.16. The van der Waals surface area contributed by atoms with Crippen LogP contribution in [-0.2, 0) is 4.79 Å². The van der Waals surface area contributed by atoms with Crippen molar-refractivity contribution < 1.29 is 14.3 Å². The predicted molar refractivity (Wildman–Crippen MR) is 85.2 cm³/mol. The molecule has 0 saturated heterocycles. The summed E-state index contributed by atoms with van der Waals surface area (Å²) < 4.78 is 5.19. The second kappa shape index (κ2) is 7.09. The monoisotopic (exact) mass is 304 g/mol. The second-order valence-corrected chi connectivity index (χ2v) is 5.33. The van der Waals surface area contributed by atoms with Crippen molar-refractivity contribution in [3.8, 4) is 0 Å². The molecule has 22 heavy (non-hydrogen) atoms. The Morgan fingerprint density at radius 3 is 2.86 bits per heavy atom. The highest BCUT2D eigenvalue weighted by molar-refractivity contribution is 5.83. The number of aliphatic carboxylic acids is 1. The summed E-state index contributed by atoms with van der Waals surface area (Å²) in [4.78, 5) is 22.0. The number of hydrogen-bond donors (Lipinski definition) is 3. The number of fused-ring (bicyclic) bond motifs is 1. The molecule has 1 aromatic heterocycles. The van der Waals surface area contributed by atoms with Crippen LogP contribution >= 0.6 is 0 Å². The van der Waals surface area contributed by atoms with Crippen LogP contribution in [0.2, 0.25) is 0 Å². The molecule has 0 aliphatic rings. The Balaban J connectivity index is 1.90. The Morgan fingerprint density at radius 2 is 2.14 bits per heavy atom. The molecule has 6 heteroatoms. The first-order valence-electron chi connectivity index (χ1n) is 7.24. The first kappa shape index (κ1) is 16.0. The van der Waals surface area contributed by atoms with E-state index in [0.29, 0.717) is 18.5 Å². The summed E-state index contributed by atoms with van der Waals surface area (Å²) >= 11 is 0. The number of benzene rings is 1. The van der Waals surface area contributed by atoms with Gasteiger partial charge in [-0.3, -0.25) is 4.79 Å². The van der Waals surface area contributed by atoms with Crippen LogP contribution in [0.3, 0.4) is 0 Å². The Bertz CT molecular complexity index is 724. The number of nitrogens with one attached hydrogen (secondary N) is 1. The van der Waals surface area contributed by atoms with Gasteiger partial charge in [-0.15, -0.1) is 0 Å². The van der Waals surface area contributed by atoms with E-state index in [4.69, 9.17) is 15.3 Å². The van der Waals surface area contributed by atoms with Gasteiger partial charge >= 0.3 is 11.6 Å². The molecule has 0 saturated carbocycles. The van der Waals surface area contributed by atoms with E-state index in [2.05, 4.69) is 5.32 Å².